The number of aryl methyl sites for hydroxylation is 1. The number of hydrogen-bond donors (Lipinski definition) is 2. The van der Waals surface area contributed by atoms with Crippen molar-refractivity contribution in [3.05, 3.63) is 22.4 Å². The number of nitrogens with one attached hydrogen (secondary N) is 2. The molecule has 1 fully saturated rings. The van der Waals surface area contributed by atoms with Crippen molar-refractivity contribution in [2.45, 2.75) is 25.0 Å². The van der Waals surface area contributed by atoms with Crippen molar-refractivity contribution in [1.29, 1.82) is 0 Å². The topological polar surface area (TPSA) is 75.1 Å². The molecule has 1 aliphatic rings. The van der Waals surface area contributed by atoms with E-state index in [1.807, 2.05) is 11.8 Å². The van der Waals surface area contributed by atoms with Gasteiger partial charge in [0.15, 0.2) is 5.65 Å². The minimum absolute atomic E-state index is 0.243. The Morgan fingerprint density at radius 1 is 1.67 bits per heavy atom. The van der Waals surface area contributed by atoms with Gasteiger partial charge in [-0.2, -0.15) is 16.9 Å². The van der Waals surface area contributed by atoms with Crippen LogP contribution >= 0.6 is 11.8 Å². The molecule has 1 unspecified atom stereocenters. The molecular formula is C11H15N5OS. The Bertz CT molecular complexity index is 613. The number of rotatable bonds is 3. The highest BCUT2D eigenvalue weighted by Gasteiger charge is 2.15. The molecule has 0 bridgehead atoms. The minimum atomic E-state index is -0.243. The lowest BCUT2D eigenvalue weighted by atomic mass is 10.2. The van der Waals surface area contributed by atoms with Crippen molar-refractivity contribution < 1.29 is 0 Å². The zero-order valence-corrected chi connectivity index (χ0v) is 11.0. The van der Waals surface area contributed by atoms with E-state index < -0.39 is 0 Å². The number of H-pyrrole nitrogens is 1. The van der Waals surface area contributed by atoms with E-state index >= 15 is 0 Å². The first-order chi connectivity index (χ1) is 8.74. The first kappa shape index (κ1) is 11.6. The summed E-state index contributed by atoms with van der Waals surface area (Å²) in [5.74, 6) is 2.69. The Morgan fingerprint density at radius 3 is 3.33 bits per heavy atom. The predicted molar refractivity (Wildman–Crippen MR) is 72.3 cm³/mol. The third-order valence-electron chi connectivity index (χ3n) is 3.10. The zero-order valence-electron chi connectivity index (χ0n) is 10.1. The molecule has 1 aliphatic heterocycles. The quantitative estimate of drug-likeness (QED) is 0.867. The van der Waals surface area contributed by atoms with Crippen LogP contribution in [-0.4, -0.2) is 37.1 Å². The Balaban J connectivity index is 1.81. The molecule has 18 heavy (non-hydrogen) atoms. The molecule has 1 saturated heterocycles. The summed E-state index contributed by atoms with van der Waals surface area (Å²) in [6, 6.07) is 1.80. The van der Waals surface area contributed by atoms with Crippen LogP contribution in [0, 0.1) is 6.92 Å². The summed E-state index contributed by atoms with van der Waals surface area (Å²) in [5, 5.41) is 10.4. The zero-order chi connectivity index (χ0) is 12.5. The lowest BCUT2D eigenvalue weighted by Gasteiger charge is -2.11. The van der Waals surface area contributed by atoms with Crippen molar-refractivity contribution in [1.82, 2.24) is 19.6 Å². The number of aromatic amines is 1. The summed E-state index contributed by atoms with van der Waals surface area (Å²) >= 11 is 2.01. The molecule has 0 amide bonds. The molecule has 3 rings (SSSR count). The van der Waals surface area contributed by atoms with Gasteiger partial charge in [0, 0.05) is 17.9 Å². The molecule has 1 atom stereocenters. The number of aromatic nitrogens is 4. The van der Waals surface area contributed by atoms with Gasteiger partial charge in [0.2, 0.25) is 0 Å². The van der Waals surface area contributed by atoms with E-state index in [2.05, 4.69) is 20.5 Å². The normalized spacial score (nSPS) is 19.5. The molecule has 7 heteroatoms. The maximum Gasteiger partial charge on any atom is 0.349 e. The fourth-order valence-electron chi connectivity index (χ4n) is 2.21. The molecule has 0 aromatic carbocycles. The van der Waals surface area contributed by atoms with Crippen LogP contribution in [0.1, 0.15) is 18.7 Å². The molecule has 96 valence electrons. The summed E-state index contributed by atoms with van der Waals surface area (Å²) in [7, 11) is 0. The van der Waals surface area contributed by atoms with Crippen LogP contribution in [0.25, 0.3) is 5.65 Å². The Labute approximate surface area is 108 Å². The van der Waals surface area contributed by atoms with Crippen molar-refractivity contribution in [3.8, 4) is 0 Å². The first-order valence-corrected chi connectivity index (χ1v) is 7.09. The Hall–Kier alpha value is -1.50. The number of fused-ring (bicyclic) bond motifs is 1. The standard InChI is InChI=1S/C11H15N5OS/c1-7-13-9(12-6-8-3-2-4-18-8)5-10-14-15-11(17)16(7)10/h5,8,12H,2-4,6H2,1H3,(H,15,17). The lowest BCUT2D eigenvalue weighted by Crippen LogP contribution is -2.17. The third kappa shape index (κ3) is 2.10. The number of nitrogens with zero attached hydrogens (tertiary/aromatic N) is 3. The van der Waals surface area contributed by atoms with E-state index in [1.165, 1.54) is 23.0 Å². The van der Waals surface area contributed by atoms with Gasteiger partial charge in [-0.1, -0.05) is 0 Å². The van der Waals surface area contributed by atoms with Crippen molar-refractivity contribution in [2.75, 3.05) is 17.6 Å². The second-order valence-corrected chi connectivity index (χ2v) is 5.84. The molecule has 0 saturated carbocycles. The monoisotopic (exact) mass is 265 g/mol. The molecule has 2 aromatic rings. The molecule has 0 aliphatic carbocycles. The van der Waals surface area contributed by atoms with Crippen molar-refractivity contribution >= 4 is 23.2 Å². The summed E-state index contributed by atoms with van der Waals surface area (Å²) < 4.78 is 1.47. The maximum absolute atomic E-state index is 11.5. The van der Waals surface area contributed by atoms with E-state index in [9.17, 15) is 4.79 Å². The number of anilines is 1. The summed E-state index contributed by atoms with van der Waals surface area (Å²) in [6.07, 6.45) is 2.57. The summed E-state index contributed by atoms with van der Waals surface area (Å²) in [5.41, 5.74) is 0.363. The highest BCUT2D eigenvalue weighted by molar-refractivity contribution is 8.00. The van der Waals surface area contributed by atoms with Gasteiger partial charge in [0.05, 0.1) is 0 Å². The average molecular weight is 265 g/mol. The van der Waals surface area contributed by atoms with Crippen LogP contribution in [0.5, 0.6) is 0 Å². The average Bonchev–Trinajstić information content (AvgIpc) is 2.97. The maximum atomic E-state index is 11.5. The van der Waals surface area contributed by atoms with Gasteiger partial charge >= 0.3 is 5.69 Å². The highest BCUT2D eigenvalue weighted by Crippen LogP contribution is 2.26. The second-order valence-electron chi connectivity index (χ2n) is 4.43. The molecule has 6 nitrogen and oxygen atoms in total. The Kier molecular flexibility index (Phi) is 2.99. The van der Waals surface area contributed by atoms with E-state index in [4.69, 9.17) is 0 Å². The predicted octanol–water partition coefficient (Wildman–Crippen LogP) is 1.03. The van der Waals surface area contributed by atoms with E-state index in [-0.39, 0.29) is 5.69 Å². The SMILES string of the molecule is Cc1nc(NCC2CCCS2)cc2n[nH]c(=O)n12. The number of thioether (sulfide) groups is 1. The molecule has 0 spiro atoms. The van der Waals surface area contributed by atoms with Gasteiger partial charge in [0.25, 0.3) is 0 Å². The summed E-state index contributed by atoms with van der Waals surface area (Å²) in [4.78, 5) is 15.8. The lowest BCUT2D eigenvalue weighted by molar-refractivity contribution is 0.801. The van der Waals surface area contributed by atoms with E-state index in [0.717, 1.165) is 12.4 Å². The van der Waals surface area contributed by atoms with Gasteiger partial charge in [-0.25, -0.2) is 19.3 Å². The van der Waals surface area contributed by atoms with Crippen LogP contribution in [-0.2, 0) is 0 Å². The fraction of sp³-hybridized carbons (Fsp3) is 0.545. The van der Waals surface area contributed by atoms with Gasteiger partial charge in [0.1, 0.15) is 11.6 Å². The highest BCUT2D eigenvalue weighted by atomic mass is 32.2. The largest absolute Gasteiger partial charge is 0.369 e. The van der Waals surface area contributed by atoms with Crippen LogP contribution < -0.4 is 11.0 Å². The van der Waals surface area contributed by atoms with Gasteiger partial charge < -0.3 is 5.32 Å². The van der Waals surface area contributed by atoms with E-state index in [0.29, 0.717) is 16.7 Å². The molecule has 2 aromatic heterocycles. The van der Waals surface area contributed by atoms with Gasteiger partial charge in [-0.3, -0.25) is 0 Å². The molecular weight excluding hydrogens is 250 g/mol. The smallest absolute Gasteiger partial charge is 0.349 e. The molecule has 0 radical (unpaired) electrons. The van der Waals surface area contributed by atoms with Crippen molar-refractivity contribution in [2.24, 2.45) is 0 Å². The van der Waals surface area contributed by atoms with Crippen LogP contribution in [0.15, 0.2) is 10.9 Å². The molecule has 3 heterocycles. The first-order valence-electron chi connectivity index (χ1n) is 6.04. The fourth-order valence-corrected chi connectivity index (χ4v) is 3.41. The van der Waals surface area contributed by atoms with Crippen molar-refractivity contribution in [3.63, 3.8) is 0 Å². The van der Waals surface area contributed by atoms with Crippen LogP contribution in [0.2, 0.25) is 0 Å². The number of hydrogen-bond acceptors (Lipinski definition) is 5. The van der Waals surface area contributed by atoms with Crippen LogP contribution in [0.3, 0.4) is 0 Å². The minimum Gasteiger partial charge on any atom is -0.369 e. The van der Waals surface area contributed by atoms with Gasteiger partial charge in [-0.15, -0.1) is 0 Å². The van der Waals surface area contributed by atoms with Gasteiger partial charge in [-0.05, 0) is 25.5 Å². The third-order valence-corrected chi connectivity index (χ3v) is 4.50. The van der Waals surface area contributed by atoms with Crippen LogP contribution in [0.4, 0.5) is 5.82 Å². The second kappa shape index (κ2) is 4.64. The Morgan fingerprint density at radius 2 is 2.56 bits per heavy atom. The molecule has 2 N–H and O–H groups in total. The summed E-state index contributed by atoms with van der Waals surface area (Å²) in [6.45, 7) is 2.72. The van der Waals surface area contributed by atoms with E-state index in [1.54, 1.807) is 13.0 Å².